The van der Waals surface area contributed by atoms with E-state index >= 15 is 0 Å². The topological polar surface area (TPSA) is 58.5 Å². The third kappa shape index (κ3) is 2.23. The van der Waals surface area contributed by atoms with Crippen molar-refractivity contribution in [2.45, 2.75) is 18.9 Å². The molecule has 80 valence electrons. The van der Waals surface area contributed by atoms with Crippen LogP contribution in [-0.2, 0) is 9.84 Å². The van der Waals surface area contributed by atoms with E-state index in [1.807, 2.05) is 6.92 Å². The maximum Gasteiger partial charge on any atom is 0.157 e. The smallest absolute Gasteiger partial charge is 0.157 e. The molecule has 1 atom stereocenters. The second-order valence-corrected chi connectivity index (χ2v) is 7.33. The van der Waals surface area contributed by atoms with Gasteiger partial charge in [-0.3, -0.25) is 4.99 Å². The van der Waals surface area contributed by atoms with Crippen LogP contribution in [0.2, 0.25) is 0 Å². The minimum absolute atomic E-state index is 0.236. The molecule has 2 heterocycles. The first-order valence-electron chi connectivity index (χ1n) is 4.65. The highest BCUT2D eigenvalue weighted by atomic mass is 32.2. The van der Waals surface area contributed by atoms with Gasteiger partial charge < -0.3 is 5.32 Å². The van der Waals surface area contributed by atoms with E-state index in [2.05, 4.69) is 10.3 Å². The van der Waals surface area contributed by atoms with Gasteiger partial charge in [0.2, 0.25) is 0 Å². The Labute approximate surface area is 88.5 Å². The molecule has 0 bridgehead atoms. The SMILES string of the molecule is CC1(NC2=NCCS2)CCS(=O)(=O)C1. The van der Waals surface area contributed by atoms with Gasteiger partial charge in [-0.1, -0.05) is 11.8 Å². The molecule has 0 aliphatic carbocycles. The average Bonchev–Trinajstić information content (AvgIpc) is 2.60. The lowest BCUT2D eigenvalue weighted by atomic mass is 10.0. The van der Waals surface area contributed by atoms with Crippen molar-refractivity contribution in [1.82, 2.24) is 5.32 Å². The molecule has 1 saturated heterocycles. The van der Waals surface area contributed by atoms with Gasteiger partial charge in [0.1, 0.15) is 0 Å². The van der Waals surface area contributed by atoms with Crippen molar-refractivity contribution in [3.8, 4) is 0 Å². The van der Waals surface area contributed by atoms with Crippen molar-refractivity contribution in [2.24, 2.45) is 4.99 Å². The van der Waals surface area contributed by atoms with Crippen LogP contribution < -0.4 is 5.32 Å². The van der Waals surface area contributed by atoms with Crippen molar-refractivity contribution < 1.29 is 8.42 Å². The number of hydrogen-bond acceptors (Lipinski definition) is 5. The van der Waals surface area contributed by atoms with E-state index in [0.29, 0.717) is 12.2 Å². The predicted molar refractivity (Wildman–Crippen MR) is 59.6 cm³/mol. The predicted octanol–water partition coefficient (Wildman–Crippen LogP) is 0.256. The van der Waals surface area contributed by atoms with Crippen molar-refractivity contribution in [1.29, 1.82) is 0 Å². The lowest BCUT2D eigenvalue weighted by Gasteiger charge is -2.24. The summed E-state index contributed by atoms with van der Waals surface area (Å²) in [5, 5.41) is 4.15. The molecule has 0 saturated carbocycles. The number of nitrogens with one attached hydrogen (secondary N) is 1. The molecule has 0 aromatic heterocycles. The fraction of sp³-hybridized carbons (Fsp3) is 0.875. The summed E-state index contributed by atoms with van der Waals surface area (Å²) in [7, 11) is -2.82. The van der Waals surface area contributed by atoms with Crippen LogP contribution in [-0.4, -0.2) is 42.9 Å². The van der Waals surface area contributed by atoms with E-state index in [4.69, 9.17) is 0 Å². The molecule has 0 radical (unpaired) electrons. The Morgan fingerprint density at radius 2 is 2.36 bits per heavy atom. The second-order valence-electron chi connectivity index (χ2n) is 4.06. The molecule has 4 nitrogen and oxygen atoms in total. The number of aliphatic imine (C=N–C) groups is 1. The summed E-state index contributed by atoms with van der Waals surface area (Å²) in [5.74, 6) is 1.54. The molecule has 2 aliphatic rings. The lowest BCUT2D eigenvalue weighted by Crippen LogP contribution is -2.45. The molecule has 14 heavy (non-hydrogen) atoms. The zero-order valence-corrected chi connectivity index (χ0v) is 9.75. The summed E-state index contributed by atoms with van der Waals surface area (Å²) in [6, 6.07) is 0. The van der Waals surface area contributed by atoms with E-state index in [1.165, 1.54) is 0 Å². The monoisotopic (exact) mass is 234 g/mol. The zero-order valence-electron chi connectivity index (χ0n) is 8.12. The Balaban J connectivity index is 2.04. The van der Waals surface area contributed by atoms with Gasteiger partial charge in [0, 0.05) is 5.75 Å². The number of rotatable bonds is 1. The maximum atomic E-state index is 11.3. The maximum absolute atomic E-state index is 11.3. The van der Waals surface area contributed by atoms with Crippen LogP contribution in [0.5, 0.6) is 0 Å². The molecule has 2 aliphatic heterocycles. The molecule has 0 amide bonds. The standard InChI is InChI=1S/C8H14N2O2S2/c1-8(2-5-14(11,12)6-8)10-7-9-3-4-13-7/h2-6H2,1H3,(H,9,10). The summed E-state index contributed by atoms with van der Waals surface area (Å²) < 4.78 is 22.7. The highest BCUT2D eigenvalue weighted by Gasteiger charge is 2.39. The molecule has 1 N–H and O–H groups in total. The van der Waals surface area contributed by atoms with Crippen LogP contribution in [0.3, 0.4) is 0 Å². The van der Waals surface area contributed by atoms with E-state index in [-0.39, 0.29) is 11.3 Å². The first-order chi connectivity index (χ1) is 6.49. The number of amidine groups is 1. The minimum atomic E-state index is -2.82. The summed E-state index contributed by atoms with van der Waals surface area (Å²) >= 11 is 1.67. The van der Waals surface area contributed by atoms with Crippen molar-refractivity contribution in [3.05, 3.63) is 0 Å². The van der Waals surface area contributed by atoms with Crippen LogP contribution in [0.1, 0.15) is 13.3 Å². The molecule has 1 unspecified atom stereocenters. The van der Waals surface area contributed by atoms with Crippen molar-refractivity contribution in [3.63, 3.8) is 0 Å². The van der Waals surface area contributed by atoms with Gasteiger partial charge in [-0.2, -0.15) is 0 Å². The molecule has 0 aromatic rings. The van der Waals surface area contributed by atoms with Crippen molar-refractivity contribution >= 4 is 26.8 Å². The Kier molecular flexibility index (Phi) is 2.51. The van der Waals surface area contributed by atoms with Crippen molar-refractivity contribution in [2.75, 3.05) is 23.8 Å². The quantitative estimate of drug-likeness (QED) is 0.707. The average molecular weight is 234 g/mol. The van der Waals surface area contributed by atoms with Gasteiger partial charge in [-0.25, -0.2) is 8.42 Å². The Morgan fingerprint density at radius 1 is 1.57 bits per heavy atom. The Bertz CT molecular complexity index is 364. The Morgan fingerprint density at radius 3 is 2.86 bits per heavy atom. The molecule has 0 spiro atoms. The van der Waals surface area contributed by atoms with Gasteiger partial charge in [-0.15, -0.1) is 0 Å². The fourth-order valence-corrected chi connectivity index (χ4v) is 4.75. The summed E-state index contributed by atoms with van der Waals surface area (Å²) in [5.41, 5.74) is -0.297. The third-order valence-corrected chi connectivity index (χ3v) is 5.29. The molecule has 2 rings (SSSR count). The second kappa shape index (κ2) is 3.41. The first kappa shape index (κ1) is 10.3. The number of thioether (sulfide) groups is 1. The van der Waals surface area contributed by atoms with Gasteiger partial charge in [0.25, 0.3) is 0 Å². The van der Waals surface area contributed by atoms with Gasteiger partial charge in [0.15, 0.2) is 15.0 Å². The van der Waals surface area contributed by atoms with E-state index in [9.17, 15) is 8.42 Å². The largest absolute Gasteiger partial charge is 0.359 e. The van der Waals surface area contributed by atoms with E-state index in [0.717, 1.165) is 17.5 Å². The molecular formula is C8H14N2O2S2. The normalized spacial score (nSPS) is 35.6. The van der Waals surface area contributed by atoms with E-state index in [1.54, 1.807) is 11.8 Å². The number of sulfone groups is 1. The van der Waals surface area contributed by atoms with Crippen LogP contribution in [0.25, 0.3) is 0 Å². The summed E-state index contributed by atoms with van der Waals surface area (Å²) in [4.78, 5) is 4.27. The van der Waals surface area contributed by atoms with E-state index < -0.39 is 9.84 Å². The molecule has 1 fully saturated rings. The third-order valence-electron chi connectivity index (χ3n) is 2.50. The highest BCUT2D eigenvalue weighted by molar-refractivity contribution is 8.14. The lowest BCUT2D eigenvalue weighted by molar-refractivity contribution is 0.475. The highest BCUT2D eigenvalue weighted by Crippen LogP contribution is 2.24. The van der Waals surface area contributed by atoms with Crippen LogP contribution in [0, 0.1) is 0 Å². The Hall–Kier alpha value is -0.230. The fourth-order valence-electron chi connectivity index (χ4n) is 1.78. The summed E-state index contributed by atoms with van der Waals surface area (Å²) in [6.45, 7) is 2.80. The van der Waals surface area contributed by atoms with Crippen LogP contribution in [0.15, 0.2) is 4.99 Å². The van der Waals surface area contributed by atoms with Crippen LogP contribution in [0.4, 0.5) is 0 Å². The number of nitrogens with zero attached hydrogens (tertiary/aromatic N) is 1. The van der Waals surface area contributed by atoms with Crippen LogP contribution >= 0.6 is 11.8 Å². The van der Waals surface area contributed by atoms with Gasteiger partial charge in [0.05, 0.1) is 23.6 Å². The molecular weight excluding hydrogens is 220 g/mol. The molecule has 6 heteroatoms. The number of hydrogen-bond donors (Lipinski definition) is 1. The van der Waals surface area contributed by atoms with Gasteiger partial charge in [-0.05, 0) is 13.3 Å². The first-order valence-corrected chi connectivity index (χ1v) is 7.46. The van der Waals surface area contributed by atoms with Gasteiger partial charge >= 0.3 is 0 Å². The minimum Gasteiger partial charge on any atom is -0.359 e. The zero-order chi connectivity index (χ0) is 10.2. The summed E-state index contributed by atoms with van der Waals surface area (Å²) in [6.07, 6.45) is 0.689. The molecule has 0 aromatic carbocycles.